The third-order valence-electron chi connectivity index (χ3n) is 4.98. The number of hydrogen-bond donors (Lipinski definition) is 2. The molecule has 0 radical (unpaired) electrons. The normalized spacial score (nSPS) is 16.9. The molecule has 2 atom stereocenters. The Balaban J connectivity index is 1.83. The van der Waals surface area contributed by atoms with Gasteiger partial charge in [-0.3, -0.25) is 4.79 Å². The third kappa shape index (κ3) is 10.3. The van der Waals surface area contributed by atoms with Gasteiger partial charge in [0.1, 0.15) is 17.4 Å². The van der Waals surface area contributed by atoms with Crippen LogP contribution in [0, 0.1) is 0 Å². The lowest BCUT2D eigenvalue weighted by Gasteiger charge is -2.26. The van der Waals surface area contributed by atoms with E-state index in [9.17, 15) is 14.7 Å². The number of amides is 2. The number of carbonyl (C=O) groups is 2. The molecule has 2 N–H and O–H groups in total. The fourth-order valence-electron chi connectivity index (χ4n) is 3.36. The number of nitrogens with zero attached hydrogens (tertiary/aromatic N) is 1. The van der Waals surface area contributed by atoms with Crippen LogP contribution < -0.4 is 5.32 Å². The van der Waals surface area contributed by atoms with Crippen molar-refractivity contribution < 1.29 is 38.4 Å². The van der Waals surface area contributed by atoms with Crippen LogP contribution in [-0.4, -0.2) is 93.6 Å². The number of rotatable bonds is 13. The molecule has 10 nitrogen and oxygen atoms in total. The molecule has 34 heavy (non-hydrogen) atoms. The summed E-state index contributed by atoms with van der Waals surface area (Å²) in [4.78, 5) is 27.3. The van der Waals surface area contributed by atoms with Gasteiger partial charge in [-0.15, -0.1) is 0 Å². The first kappa shape index (κ1) is 27.8. The zero-order valence-electron chi connectivity index (χ0n) is 20.6. The van der Waals surface area contributed by atoms with Crippen LogP contribution in [0.4, 0.5) is 4.79 Å². The zero-order chi connectivity index (χ0) is 25.0. The molecule has 0 spiro atoms. The Morgan fingerprint density at radius 1 is 1.06 bits per heavy atom. The molecule has 1 aliphatic heterocycles. The molecule has 2 amide bonds. The van der Waals surface area contributed by atoms with Crippen LogP contribution in [0.15, 0.2) is 24.3 Å². The van der Waals surface area contributed by atoms with Crippen LogP contribution in [-0.2, 0) is 28.5 Å². The van der Waals surface area contributed by atoms with E-state index in [1.54, 1.807) is 44.9 Å². The van der Waals surface area contributed by atoms with E-state index in [-0.39, 0.29) is 17.8 Å². The summed E-state index contributed by atoms with van der Waals surface area (Å²) in [5.74, 6) is -0.183. The highest BCUT2D eigenvalue weighted by Crippen LogP contribution is 2.23. The maximum Gasteiger partial charge on any atom is 0.408 e. The van der Waals surface area contributed by atoms with Gasteiger partial charge in [0.05, 0.1) is 45.7 Å². The average Bonchev–Trinajstić information content (AvgIpc) is 3.24. The molecule has 10 heteroatoms. The summed E-state index contributed by atoms with van der Waals surface area (Å²) in [5.41, 5.74) is -0.142. The largest absolute Gasteiger partial charge is 0.508 e. The van der Waals surface area contributed by atoms with Gasteiger partial charge in [0.15, 0.2) is 0 Å². The minimum atomic E-state index is -0.935. The van der Waals surface area contributed by atoms with Gasteiger partial charge in [-0.05, 0) is 44.9 Å². The van der Waals surface area contributed by atoms with Crippen molar-refractivity contribution >= 4 is 12.0 Å². The van der Waals surface area contributed by atoms with Crippen molar-refractivity contribution in [2.45, 2.75) is 44.9 Å². The topological polar surface area (TPSA) is 116 Å². The highest BCUT2D eigenvalue weighted by atomic mass is 16.6. The number of phenols is 1. The van der Waals surface area contributed by atoms with Crippen molar-refractivity contribution in [3.05, 3.63) is 29.8 Å². The van der Waals surface area contributed by atoms with E-state index in [2.05, 4.69) is 5.32 Å². The summed E-state index contributed by atoms with van der Waals surface area (Å²) in [6.45, 7) is 9.13. The second-order valence-electron chi connectivity index (χ2n) is 8.95. The number of likely N-dealkylation sites (tertiary alicyclic amines) is 1. The Bertz CT molecular complexity index is 750. The minimum absolute atomic E-state index is 0.0746. The number of carbonyl (C=O) groups excluding carboxylic acids is 2. The monoisotopic (exact) mass is 482 g/mol. The molecule has 0 aliphatic carbocycles. The van der Waals surface area contributed by atoms with Crippen LogP contribution in [0.1, 0.15) is 38.8 Å². The lowest BCUT2D eigenvalue weighted by atomic mass is 10.1. The Morgan fingerprint density at radius 3 is 2.29 bits per heavy atom. The molecule has 1 fully saturated rings. The highest BCUT2D eigenvalue weighted by molar-refractivity contribution is 5.87. The van der Waals surface area contributed by atoms with Gasteiger partial charge in [-0.2, -0.15) is 0 Å². The standard InChI is InChI=1S/C24H38N2O8/c1-24(2,3)34-23(29)25-21(18-5-7-19(27)8-6-18)22(28)26-10-9-20(17-26)33-16-15-32-14-13-31-12-11-30-4/h5-8,20-21,27H,9-17H2,1-4H3,(H,25,29). The third-order valence-corrected chi connectivity index (χ3v) is 4.98. The van der Waals surface area contributed by atoms with Crippen LogP contribution in [0.5, 0.6) is 5.75 Å². The number of aromatic hydroxyl groups is 1. The average molecular weight is 483 g/mol. The van der Waals surface area contributed by atoms with Gasteiger partial charge >= 0.3 is 6.09 Å². The van der Waals surface area contributed by atoms with Crippen LogP contribution >= 0.6 is 0 Å². The predicted molar refractivity (Wildman–Crippen MR) is 125 cm³/mol. The molecule has 2 rings (SSSR count). The number of ether oxygens (including phenoxy) is 5. The lowest BCUT2D eigenvalue weighted by molar-refractivity contribution is -0.133. The Kier molecular flexibility index (Phi) is 11.5. The maximum absolute atomic E-state index is 13.3. The Labute approximate surface area is 201 Å². The van der Waals surface area contributed by atoms with Gasteiger partial charge in [0.2, 0.25) is 5.91 Å². The van der Waals surface area contributed by atoms with Gasteiger partial charge in [0, 0.05) is 20.2 Å². The SMILES string of the molecule is COCCOCCOCCOC1CCN(C(=O)C(NC(=O)OC(C)(C)C)c2ccc(O)cc2)C1. The molecule has 1 aromatic rings. The molecule has 0 saturated carbocycles. The Hall–Kier alpha value is -2.40. The van der Waals surface area contributed by atoms with E-state index in [4.69, 9.17) is 23.7 Å². The summed E-state index contributed by atoms with van der Waals surface area (Å²) >= 11 is 0. The molecule has 1 aromatic carbocycles. The summed E-state index contributed by atoms with van der Waals surface area (Å²) in [6, 6.07) is 5.23. The van der Waals surface area contributed by atoms with Crippen molar-refractivity contribution in [2.75, 3.05) is 59.8 Å². The number of methoxy groups -OCH3 is 1. The molecule has 2 unspecified atom stereocenters. The van der Waals surface area contributed by atoms with E-state index in [1.165, 1.54) is 12.1 Å². The fraction of sp³-hybridized carbons (Fsp3) is 0.667. The van der Waals surface area contributed by atoms with Crippen molar-refractivity contribution in [3.63, 3.8) is 0 Å². The second kappa shape index (κ2) is 14.1. The summed E-state index contributed by atoms with van der Waals surface area (Å²) in [7, 11) is 1.62. The van der Waals surface area contributed by atoms with Crippen molar-refractivity contribution in [1.82, 2.24) is 10.2 Å². The van der Waals surface area contributed by atoms with E-state index >= 15 is 0 Å². The maximum atomic E-state index is 13.3. The molecule has 1 saturated heterocycles. The smallest absolute Gasteiger partial charge is 0.408 e. The molecule has 1 heterocycles. The van der Waals surface area contributed by atoms with E-state index < -0.39 is 17.7 Å². The molecular weight excluding hydrogens is 444 g/mol. The molecule has 192 valence electrons. The zero-order valence-corrected chi connectivity index (χ0v) is 20.6. The molecular formula is C24H38N2O8. The van der Waals surface area contributed by atoms with Gasteiger partial charge in [-0.25, -0.2) is 4.79 Å². The first-order valence-electron chi connectivity index (χ1n) is 11.5. The van der Waals surface area contributed by atoms with Crippen LogP contribution in [0.3, 0.4) is 0 Å². The van der Waals surface area contributed by atoms with Gasteiger partial charge in [0.25, 0.3) is 0 Å². The van der Waals surface area contributed by atoms with Crippen molar-refractivity contribution in [3.8, 4) is 5.75 Å². The van der Waals surface area contributed by atoms with E-state index in [0.717, 1.165) is 0 Å². The van der Waals surface area contributed by atoms with Crippen molar-refractivity contribution in [2.24, 2.45) is 0 Å². The van der Waals surface area contributed by atoms with Gasteiger partial charge < -0.3 is 39.0 Å². The highest BCUT2D eigenvalue weighted by Gasteiger charge is 2.34. The number of alkyl carbamates (subject to hydrolysis) is 1. The van der Waals surface area contributed by atoms with E-state index in [1.807, 2.05) is 0 Å². The van der Waals surface area contributed by atoms with Crippen LogP contribution in [0.2, 0.25) is 0 Å². The minimum Gasteiger partial charge on any atom is -0.508 e. The fourth-order valence-corrected chi connectivity index (χ4v) is 3.36. The van der Waals surface area contributed by atoms with Crippen molar-refractivity contribution in [1.29, 1.82) is 0 Å². The van der Waals surface area contributed by atoms with E-state index in [0.29, 0.717) is 64.7 Å². The number of nitrogens with one attached hydrogen (secondary N) is 1. The number of phenolic OH excluding ortho intramolecular Hbond substituents is 1. The first-order chi connectivity index (χ1) is 16.2. The molecule has 1 aliphatic rings. The first-order valence-corrected chi connectivity index (χ1v) is 11.5. The predicted octanol–water partition coefficient (Wildman–Crippen LogP) is 2.26. The second-order valence-corrected chi connectivity index (χ2v) is 8.95. The lowest BCUT2D eigenvalue weighted by Crippen LogP contribution is -2.44. The number of benzene rings is 1. The number of hydrogen-bond acceptors (Lipinski definition) is 8. The summed E-state index contributed by atoms with van der Waals surface area (Å²) in [6.07, 6.45) is -0.0950. The van der Waals surface area contributed by atoms with Crippen LogP contribution in [0.25, 0.3) is 0 Å². The quantitative estimate of drug-likeness (QED) is 0.412. The molecule has 0 aromatic heterocycles. The summed E-state index contributed by atoms with van der Waals surface area (Å²) in [5, 5.41) is 12.3. The van der Waals surface area contributed by atoms with Gasteiger partial charge in [-0.1, -0.05) is 12.1 Å². The Morgan fingerprint density at radius 2 is 1.68 bits per heavy atom. The summed E-state index contributed by atoms with van der Waals surface area (Å²) < 4.78 is 26.9. The molecule has 0 bridgehead atoms.